The lowest BCUT2D eigenvalue weighted by Crippen LogP contribution is -2.43. The second kappa shape index (κ2) is 6.45. The maximum atomic E-state index is 5.64. The third kappa shape index (κ3) is 10.9. The van der Waals surface area contributed by atoms with Crippen molar-refractivity contribution in [3.05, 3.63) is 12.2 Å². The van der Waals surface area contributed by atoms with E-state index in [1.165, 1.54) is 0 Å². The summed E-state index contributed by atoms with van der Waals surface area (Å²) < 4.78 is 0. The Labute approximate surface area is 93.0 Å². The van der Waals surface area contributed by atoms with Crippen LogP contribution in [0, 0.1) is 0 Å². The molecule has 4 nitrogen and oxygen atoms in total. The summed E-state index contributed by atoms with van der Waals surface area (Å²) in [7, 11) is 0. The molecule has 0 fully saturated rings. The molecular formula is C11H24N4. The van der Waals surface area contributed by atoms with Crippen LogP contribution in [0.1, 0.15) is 27.7 Å². The number of nitrogens with zero attached hydrogens (tertiary/aromatic N) is 1. The zero-order chi connectivity index (χ0) is 11.9. The second-order valence-corrected chi connectivity index (χ2v) is 4.76. The van der Waals surface area contributed by atoms with Gasteiger partial charge in [-0.2, -0.15) is 0 Å². The van der Waals surface area contributed by atoms with Crippen molar-refractivity contribution in [2.75, 3.05) is 19.6 Å². The SMILES string of the molecule is C=C(C)CN=C(N)NCCNC(C)(C)C. The summed E-state index contributed by atoms with van der Waals surface area (Å²) in [4.78, 5) is 4.11. The van der Waals surface area contributed by atoms with Crippen LogP contribution in [0.4, 0.5) is 0 Å². The van der Waals surface area contributed by atoms with Crippen LogP contribution in [0.15, 0.2) is 17.1 Å². The highest BCUT2D eigenvalue weighted by atomic mass is 15.1. The van der Waals surface area contributed by atoms with Crippen LogP contribution in [-0.4, -0.2) is 31.1 Å². The van der Waals surface area contributed by atoms with Crippen LogP contribution in [0.5, 0.6) is 0 Å². The van der Waals surface area contributed by atoms with Gasteiger partial charge in [-0.25, -0.2) is 4.99 Å². The van der Waals surface area contributed by atoms with Crippen LogP contribution in [0.2, 0.25) is 0 Å². The predicted molar refractivity (Wildman–Crippen MR) is 67.1 cm³/mol. The molecule has 0 spiro atoms. The summed E-state index contributed by atoms with van der Waals surface area (Å²) in [6.07, 6.45) is 0. The number of hydrogen-bond donors (Lipinski definition) is 3. The highest BCUT2D eigenvalue weighted by molar-refractivity contribution is 5.77. The largest absolute Gasteiger partial charge is 0.370 e. The molecule has 0 amide bonds. The van der Waals surface area contributed by atoms with E-state index in [2.05, 4.69) is 43.0 Å². The third-order valence-electron chi connectivity index (χ3n) is 1.61. The maximum absolute atomic E-state index is 5.64. The average Bonchev–Trinajstić information content (AvgIpc) is 2.07. The number of rotatable bonds is 5. The molecule has 0 atom stereocenters. The van der Waals surface area contributed by atoms with Gasteiger partial charge in [-0.3, -0.25) is 0 Å². The molecule has 0 heterocycles. The Morgan fingerprint density at radius 3 is 2.40 bits per heavy atom. The Morgan fingerprint density at radius 2 is 1.93 bits per heavy atom. The van der Waals surface area contributed by atoms with E-state index in [9.17, 15) is 0 Å². The normalized spacial score (nSPS) is 12.7. The van der Waals surface area contributed by atoms with Gasteiger partial charge in [-0.1, -0.05) is 12.2 Å². The summed E-state index contributed by atoms with van der Waals surface area (Å²) in [6, 6.07) is 0. The number of nitrogens with one attached hydrogen (secondary N) is 2. The molecule has 0 aliphatic carbocycles. The molecule has 0 radical (unpaired) electrons. The molecule has 0 aliphatic heterocycles. The first-order valence-electron chi connectivity index (χ1n) is 5.24. The van der Waals surface area contributed by atoms with Gasteiger partial charge in [0.15, 0.2) is 5.96 Å². The molecule has 4 N–H and O–H groups in total. The summed E-state index contributed by atoms with van der Waals surface area (Å²) in [5, 5.41) is 6.39. The van der Waals surface area contributed by atoms with Gasteiger partial charge in [-0.05, 0) is 27.7 Å². The van der Waals surface area contributed by atoms with Crippen molar-refractivity contribution < 1.29 is 0 Å². The average molecular weight is 212 g/mol. The fourth-order valence-corrected chi connectivity index (χ4v) is 0.904. The lowest BCUT2D eigenvalue weighted by Gasteiger charge is -2.20. The summed E-state index contributed by atoms with van der Waals surface area (Å²) in [5.41, 5.74) is 6.79. The molecule has 88 valence electrons. The van der Waals surface area contributed by atoms with Gasteiger partial charge in [0, 0.05) is 18.6 Å². The number of guanidine groups is 1. The number of nitrogens with two attached hydrogens (primary N) is 1. The first-order chi connectivity index (χ1) is 6.81. The second-order valence-electron chi connectivity index (χ2n) is 4.76. The van der Waals surface area contributed by atoms with Gasteiger partial charge in [0.25, 0.3) is 0 Å². The molecule has 4 heteroatoms. The van der Waals surface area contributed by atoms with Gasteiger partial charge in [0.1, 0.15) is 0 Å². The topological polar surface area (TPSA) is 62.4 Å². The van der Waals surface area contributed by atoms with Crippen molar-refractivity contribution in [1.82, 2.24) is 10.6 Å². The molecule has 0 aliphatic rings. The fourth-order valence-electron chi connectivity index (χ4n) is 0.904. The van der Waals surface area contributed by atoms with E-state index in [4.69, 9.17) is 5.73 Å². The quantitative estimate of drug-likeness (QED) is 0.274. The Kier molecular flexibility index (Phi) is 6.01. The summed E-state index contributed by atoms with van der Waals surface area (Å²) in [5.74, 6) is 0.480. The lowest BCUT2D eigenvalue weighted by molar-refractivity contribution is 0.428. The molecular weight excluding hydrogens is 188 g/mol. The first-order valence-corrected chi connectivity index (χ1v) is 5.24. The molecule has 0 unspecified atom stereocenters. The number of hydrogen-bond acceptors (Lipinski definition) is 2. The summed E-state index contributed by atoms with van der Waals surface area (Å²) in [6.45, 7) is 14.3. The highest BCUT2D eigenvalue weighted by Gasteiger charge is 2.06. The molecule has 0 aromatic heterocycles. The molecule has 0 saturated heterocycles. The molecule has 0 bridgehead atoms. The highest BCUT2D eigenvalue weighted by Crippen LogP contribution is 1.96. The number of aliphatic imine (C=N–C) groups is 1. The Balaban J connectivity index is 3.59. The van der Waals surface area contributed by atoms with Crippen LogP contribution in [0.25, 0.3) is 0 Å². The fraction of sp³-hybridized carbons (Fsp3) is 0.727. The van der Waals surface area contributed by atoms with Crippen molar-refractivity contribution >= 4 is 5.96 Å². The molecule has 0 saturated carbocycles. The predicted octanol–water partition coefficient (Wildman–Crippen LogP) is 0.855. The molecule has 15 heavy (non-hydrogen) atoms. The van der Waals surface area contributed by atoms with Crippen LogP contribution >= 0.6 is 0 Å². The van der Waals surface area contributed by atoms with Crippen LogP contribution in [0.3, 0.4) is 0 Å². The van der Waals surface area contributed by atoms with Crippen molar-refractivity contribution in [3.8, 4) is 0 Å². The zero-order valence-corrected chi connectivity index (χ0v) is 10.4. The van der Waals surface area contributed by atoms with Crippen molar-refractivity contribution in [2.24, 2.45) is 10.7 Å². The van der Waals surface area contributed by atoms with Crippen molar-refractivity contribution in [3.63, 3.8) is 0 Å². The van der Waals surface area contributed by atoms with Gasteiger partial charge in [-0.15, -0.1) is 0 Å². The van der Waals surface area contributed by atoms with E-state index in [0.717, 1.165) is 18.7 Å². The van der Waals surface area contributed by atoms with Gasteiger partial charge < -0.3 is 16.4 Å². The Morgan fingerprint density at radius 1 is 1.33 bits per heavy atom. The monoisotopic (exact) mass is 212 g/mol. The van der Waals surface area contributed by atoms with E-state index >= 15 is 0 Å². The Bertz CT molecular complexity index is 225. The lowest BCUT2D eigenvalue weighted by atomic mass is 10.1. The van der Waals surface area contributed by atoms with Gasteiger partial charge >= 0.3 is 0 Å². The van der Waals surface area contributed by atoms with Gasteiger partial charge in [0.05, 0.1) is 6.54 Å². The van der Waals surface area contributed by atoms with E-state index in [0.29, 0.717) is 12.5 Å². The third-order valence-corrected chi connectivity index (χ3v) is 1.61. The van der Waals surface area contributed by atoms with E-state index in [-0.39, 0.29) is 5.54 Å². The van der Waals surface area contributed by atoms with Crippen molar-refractivity contribution in [1.29, 1.82) is 0 Å². The molecule has 0 rings (SSSR count). The van der Waals surface area contributed by atoms with Gasteiger partial charge in [0.2, 0.25) is 0 Å². The standard InChI is InChI=1S/C11H24N4/c1-9(2)8-14-10(12)13-6-7-15-11(3,4)5/h15H,1,6-8H2,2-5H3,(H3,12,13,14). The first kappa shape index (κ1) is 14.0. The van der Waals surface area contributed by atoms with Crippen LogP contribution < -0.4 is 16.4 Å². The molecule has 0 aromatic carbocycles. The minimum absolute atomic E-state index is 0.144. The minimum atomic E-state index is 0.144. The Hall–Kier alpha value is -1.03. The van der Waals surface area contributed by atoms with E-state index < -0.39 is 0 Å². The van der Waals surface area contributed by atoms with Crippen molar-refractivity contribution in [2.45, 2.75) is 33.2 Å². The maximum Gasteiger partial charge on any atom is 0.188 e. The van der Waals surface area contributed by atoms with E-state index in [1.807, 2.05) is 6.92 Å². The van der Waals surface area contributed by atoms with Crippen LogP contribution in [-0.2, 0) is 0 Å². The smallest absolute Gasteiger partial charge is 0.188 e. The van der Waals surface area contributed by atoms with E-state index in [1.54, 1.807) is 0 Å². The summed E-state index contributed by atoms with van der Waals surface area (Å²) >= 11 is 0. The molecule has 0 aromatic rings. The minimum Gasteiger partial charge on any atom is -0.370 e. The zero-order valence-electron chi connectivity index (χ0n) is 10.4.